The Balaban J connectivity index is 1.93. The zero-order valence-corrected chi connectivity index (χ0v) is 15.8. The van der Waals surface area contributed by atoms with Crippen LogP contribution < -0.4 is 0 Å². The van der Waals surface area contributed by atoms with Gasteiger partial charge >= 0.3 is 0 Å². The van der Waals surface area contributed by atoms with Crippen molar-refractivity contribution >= 4 is 18.2 Å². The number of hydrogen-bond donors (Lipinski definition) is 1. The summed E-state index contributed by atoms with van der Waals surface area (Å²) in [5, 5.41) is 0. The third kappa shape index (κ3) is 5.87. The number of benzene rings is 2. The monoisotopic (exact) mass is 338 g/mol. The smallest absolute Gasteiger partial charge is 0.00953 e. The van der Waals surface area contributed by atoms with Crippen molar-refractivity contribution in [1.29, 1.82) is 0 Å². The average Bonchev–Trinajstić information content (AvgIpc) is 2.64. The summed E-state index contributed by atoms with van der Waals surface area (Å²) in [5.74, 6) is 1.82. The zero-order valence-electron chi connectivity index (χ0n) is 14.9. The van der Waals surface area contributed by atoms with Crippen LogP contribution in [0.15, 0.2) is 61.2 Å². The molecule has 1 heteroatoms. The Kier molecular flexibility index (Phi) is 8.18. The third-order valence-corrected chi connectivity index (χ3v) is 5.03. The summed E-state index contributed by atoms with van der Waals surface area (Å²) in [6.07, 6.45) is 7.67. The largest absolute Gasteiger partial charge is 0.179 e. The molecule has 0 aliphatic heterocycles. The molecule has 2 rings (SSSR count). The van der Waals surface area contributed by atoms with Crippen LogP contribution >= 0.6 is 12.6 Å². The molecule has 0 aliphatic carbocycles. The number of thiol groups is 1. The van der Waals surface area contributed by atoms with Crippen LogP contribution in [0.5, 0.6) is 0 Å². The quantitative estimate of drug-likeness (QED) is 0.452. The van der Waals surface area contributed by atoms with Crippen molar-refractivity contribution in [3.05, 3.63) is 77.9 Å². The fraction of sp³-hybridized carbons (Fsp3) is 0.391. The Bertz CT molecular complexity index is 598. The first-order chi connectivity index (χ1) is 11.7. The van der Waals surface area contributed by atoms with Gasteiger partial charge in [0, 0.05) is 0 Å². The minimum Gasteiger partial charge on any atom is -0.179 e. The molecule has 0 saturated carbocycles. The van der Waals surface area contributed by atoms with E-state index in [-0.39, 0.29) is 0 Å². The molecule has 1 atom stereocenters. The maximum absolute atomic E-state index is 4.42. The Morgan fingerprint density at radius 3 is 2.21 bits per heavy atom. The Morgan fingerprint density at radius 1 is 0.917 bits per heavy atom. The van der Waals surface area contributed by atoms with E-state index in [9.17, 15) is 0 Å². The molecule has 0 nitrogen and oxygen atoms in total. The van der Waals surface area contributed by atoms with Gasteiger partial charge in [-0.25, -0.2) is 0 Å². The second-order valence-electron chi connectivity index (χ2n) is 6.60. The van der Waals surface area contributed by atoms with Crippen molar-refractivity contribution in [2.75, 3.05) is 5.75 Å². The van der Waals surface area contributed by atoms with Crippen LogP contribution in [0, 0.1) is 5.92 Å². The topological polar surface area (TPSA) is 0 Å². The molecule has 2 aromatic carbocycles. The van der Waals surface area contributed by atoms with E-state index in [0.717, 1.165) is 17.2 Å². The second kappa shape index (κ2) is 10.4. The predicted octanol–water partition coefficient (Wildman–Crippen LogP) is 6.81. The summed E-state index contributed by atoms with van der Waals surface area (Å²) in [6.45, 7) is 6.52. The van der Waals surface area contributed by atoms with Crippen LogP contribution in [-0.2, 0) is 6.42 Å². The summed E-state index contributed by atoms with van der Waals surface area (Å²) >= 11 is 4.42. The van der Waals surface area contributed by atoms with Gasteiger partial charge in [-0.05, 0) is 53.2 Å². The summed E-state index contributed by atoms with van der Waals surface area (Å²) in [5.41, 5.74) is 4.93. The highest BCUT2D eigenvalue weighted by Gasteiger charge is 2.08. The molecule has 0 fully saturated rings. The molecule has 0 N–H and O–H groups in total. The maximum Gasteiger partial charge on any atom is -0.00953 e. The molecule has 24 heavy (non-hydrogen) atoms. The Hall–Kier alpha value is -1.47. The average molecular weight is 339 g/mol. The lowest BCUT2D eigenvalue weighted by Gasteiger charge is -2.15. The fourth-order valence-electron chi connectivity index (χ4n) is 3.16. The van der Waals surface area contributed by atoms with Crippen molar-refractivity contribution in [3.63, 3.8) is 0 Å². The van der Waals surface area contributed by atoms with E-state index in [1.807, 2.05) is 6.07 Å². The summed E-state index contributed by atoms with van der Waals surface area (Å²) < 4.78 is 0. The van der Waals surface area contributed by atoms with Crippen molar-refractivity contribution in [1.82, 2.24) is 0 Å². The van der Waals surface area contributed by atoms with Crippen LogP contribution in [0.1, 0.15) is 55.7 Å². The van der Waals surface area contributed by atoms with Crippen LogP contribution in [0.2, 0.25) is 0 Å². The third-order valence-electron chi connectivity index (χ3n) is 4.77. The molecule has 0 spiro atoms. The summed E-state index contributed by atoms with van der Waals surface area (Å²) in [7, 11) is 0. The fourth-order valence-corrected chi connectivity index (χ4v) is 3.52. The first kappa shape index (κ1) is 18.9. The first-order valence-electron chi connectivity index (χ1n) is 9.19. The molecule has 0 saturated heterocycles. The molecule has 128 valence electrons. The van der Waals surface area contributed by atoms with Gasteiger partial charge in [-0.2, -0.15) is 12.6 Å². The van der Waals surface area contributed by atoms with Crippen molar-refractivity contribution < 1.29 is 0 Å². The first-order valence-corrected chi connectivity index (χ1v) is 9.82. The molecule has 0 radical (unpaired) electrons. The minimum absolute atomic E-state index is 0.821. The predicted molar refractivity (Wildman–Crippen MR) is 111 cm³/mol. The lowest BCUT2D eigenvalue weighted by atomic mass is 9.91. The number of hydrogen-bond acceptors (Lipinski definition) is 1. The Morgan fingerprint density at radius 2 is 1.58 bits per heavy atom. The van der Waals surface area contributed by atoms with Crippen LogP contribution in [0.4, 0.5) is 0 Å². The van der Waals surface area contributed by atoms with Crippen LogP contribution in [0.25, 0.3) is 5.57 Å². The van der Waals surface area contributed by atoms with Crippen LogP contribution in [0.3, 0.4) is 0 Å². The Labute approximate surface area is 153 Å². The van der Waals surface area contributed by atoms with E-state index in [2.05, 4.69) is 74.7 Å². The molecule has 0 aromatic heterocycles. The van der Waals surface area contributed by atoms with Gasteiger partial charge in [-0.15, -0.1) is 0 Å². The van der Waals surface area contributed by atoms with Gasteiger partial charge in [0.05, 0.1) is 0 Å². The summed E-state index contributed by atoms with van der Waals surface area (Å²) in [6, 6.07) is 19.4. The molecular weight excluding hydrogens is 308 g/mol. The minimum atomic E-state index is 0.821. The molecule has 0 aliphatic rings. The van der Waals surface area contributed by atoms with Crippen molar-refractivity contribution in [2.24, 2.45) is 5.92 Å². The van der Waals surface area contributed by atoms with Gasteiger partial charge < -0.3 is 0 Å². The molecule has 2 aromatic rings. The lowest BCUT2D eigenvalue weighted by Crippen LogP contribution is -2.03. The molecular formula is C23H30S. The molecule has 1 unspecified atom stereocenters. The van der Waals surface area contributed by atoms with E-state index in [1.54, 1.807) is 0 Å². The second-order valence-corrected chi connectivity index (χ2v) is 7.05. The van der Waals surface area contributed by atoms with E-state index in [4.69, 9.17) is 0 Å². The number of unbranched alkanes of at least 4 members (excludes halogenated alkanes) is 1. The van der Waals surface area contributed by atoms with E-state index in [0.29, 0.717) is 0 Å². The highest BCUT2D eigenvalue weighted by Crippen LogP contribution is 2.24. The van der Waals surface area contributed by atoms with Gasteiger partial charge in [0.1, 0.15) is 0 Å². The van der Waals surface area contributed by atoms with E-state index < -0.39 is 0 Å². The zero-order chi connectivity index (χ0) is 17.2. The molecule has 0 bridgehead atoms. The van der Waals surface area contributed by atoms with Gasteiger partial charge in [0.15, 0.2) is 0 Å². The standard InChI is InChI=1S/C23H30S/c1-3-4-8-20(17-18-24)11-12-21-13-15-23(16-14-21)19(2)22-9-6-5-7-10-22/h5-7,9-10,13-16,20,24H,2-4,8,11-12,17-18H2,1H3. The summed E-state index contributed by atoms with van der Waals surface area (Å²) in [4.78, 5) is 0. The van der Waals surface area contributed by atoms with Crippen molar-refractivity contribution in [2.45, 2.75) is 45.4 Å². The van der Waals surface area contributed by atoms with Gasteiger partial charge in [-0.3, -0.25) is 0 Å². The van der Waals surface area contributed by atoms with Gasteiger partial charge in [-0.1, -0.05) is 87.4 Å². The molecule has 0 heterocycles. The highest BCUT2D eigenvalue weighted by atomic mass is 32.1. The van der Waals surface area contributed by atoms with Gasteiger partial charge in [0.2, 0.25) is 0 Å². The highest BCUT2D eigenvalue weighted by molar-refractivity contribution is 7.80. The normalized spacial score (nSPS) is 12.1. The lowest BCUT2D eigenvalue weighted by molar-refractivity contribution is 0.425. The van der Waals surface area contributed by atoms with Gasteiger partial charge in [0.25, 0.3) is 0 Å². The maximum atomic E-state index is 4.42. The molecule has 0 amide bonds. The number of rotatable bonds is 10. The van der Waals surface area contributed by atoms with Crippen molar-refractivity contribution in [3.8, 4) is 0 Å². The SMILES string of the molecule is C=C(c1ccccc1)c1ccc(CCC(CCS)CCCC)cc1. The number of aryl methyl sites for hydroxylation is 1. The van der Waals surface area contributed by atoms with E-state index >= 15 is 0 Å². The van der Waals surface area contributed by atoms with E-state index in [1.165, 1.54) is 55.2 Å². The van der Waals surface area contributed by atoms with Crippen LogP contribution in [-0.4, -0.2) is 5.75 Å².